The van der Waals surface area contributed by atoms with Crippen LogP contribution in [0, 0.1) is 0 Å². The van der Waals surface area contributed by atoms with Crippen molar-refractivity contribution in [2.45, 2.75) is 45.6 Å². The summed E-state index contributed by atoms with van der Waals surface area (Å²) in [5, 5.41) is 3.54. The average Bonchev–Trinajstić information content (AvgIpc) is 2.46. The van der Waals surface area contributed by atoms with Gasteiger partial charge in [-0.2, -0.15) is 0 Å². The average molecular weight is 262 g/mol. The number of unbranched alkanes of at least 4 members (excludes halogenated alkanes) is 1. The van der Waals surface area contributed by atoms with Crippen molar-refractivity contribution in [1.82, 2.24) is 10.2 Å². The number of hydrogen-bond acceptors (Lipinski definition) is 2. The highest BCUT2D eigenvalue weighted by Gasteiger charge is 2.04. The molecule has 0 aliphatic rings. The molecule has 19 heavy (non-hydrogen) atoms. The van der Waals surface area contributed by atoms with E-state index in [1.54, 1.807) is 0 Å². The quantitative estimate of drug-likeness (QED) is 0.651. The standard InChI is InChI=1S/C17H30N2/c1-4-16(2)19(3)15-14-18-13-9-8-12-17-10-6-5-7-11-17/h5-7,10-11,16,18H,4,8-9,12-15H2,1-3H3. The zero-order valence-electron chi connectivity index (χ0n) is 12.9. The van der Waals surface area contributed by atoms with E-state index in [0.29, 0.717) is 6.04 Å². The Morgan fingerprint density at radius 3 is 2.53 bits per heavy atom. The van der Waals surface area contributed by atoms with E-state index >= 15 is 0 Å². The van der Waals surface area contributed by atoms with Gasteiger partial charge in [0.05, 0.1) is 0 Å². The fourth-order valence-corrected chi connectivity index (χ4v) is 2.14. The van der Waals surface area contributed by atoms with Gasteiger partial charge in [0.1, 0.15) is 0 Å². The Balaban J connectivity index is 1.94. The SMILES string of the molecule is CCC(C)N(C)CCNCCCCc1ccccc1. The molecule has 0 bridgehead atoms. The topological polar surface area (TPSA) is 15.3 Å². The summed E-state index contributed by atoms with van der Waals surface area (Å²) in [5.74, 6) is 0. The summed E-state index contributed by atoms with van der Waals surface area (Å²) in [5.41, 5.74) is 1.46. The summed E-state index contributed by atoms with van der Waals surface area (Å²) in [6, 6.07) is 11.5. The maximum Gasteiger partial charge on any atom is 0.0107 e. The highest BCUT2D eigenvalue weighted by Crippen LogP contribution is 2.03. The van der Waals surface area contributed by atoms with E-state index in [-0.39, 0.29) is 0 Å². The van der Waals surface area contributed by atoms with Crippen LogP contribution in [0.3, 0.4) is 0 Å². The van der Waals surface area contributed by atoms with Crippen LogP contribution in [0.25, 0.3) is 0 Å². The number of nitrogens with zero attached hydrogens (tertiary/aromatic N) is 1. The molecule has 0 saturated heterocycles. The van der Waals surface area contributed by atoms with Gasteiger partial charge >= 0.3 is 0 Å². The number of benzene rings is 1. The highest BCUT2D eigenvalue weighted by atomic mass is 15.1. The molecular formula is C17H30N2. The van der Waals surface area contributed by atoms with Crippen molar-refractivity contribution in [2.75, 3.05) is 26.7 Å². The molecule has 108 valence electrons. The van der Waals surface area contributed by atoms with E-state index in [1.807, 2.05) is 0 Å². The Hall–Kier alpha value is -0.860. The lowest BCUT2D eigenvalue weighted by Crippen LogP contribution is -2.35. The van der Waals surface area contributed by atoms with Crippen molar-refractivity contribution < 1.29 is 0 Å². The van der Waals surface area contributed by atoms with Gasteiger partial charge in [0.25, 0.3) is 0 Å². The lowest BCUT2D eigenvalue weighted by Gasteiger charge is -2.23. The normalized spacial score (nSPS) is 12.8. The summed E-state index contributed by atoms with van der Waals surface area (Å²) in [4.78, 5) is 2.43. The van der Waals surface area contributed by atoms with Gasteiger partial charge in [-0.25, -0.2) is 0 Å². The second-order valence-corrected chi connectivity index (χ2v) is 5.43. The van der Waals surface area contributed by atoms with Crippen LogP contribution >= 0.6 is 0 Å². The van der Waals surface area contributed by atoms with Crippen molar-refractivity contribution in [3.05, 3.63) is 35.9 Å². The second kappa shape index (κ2) is 9.99. The van der Waals surface area contributed by atoms with Crippen LogP contribution < -0.4 is 5.32 Å². The third-order valence-electron chi connectivity index (χ3n) is 3.90. The van der Waals surface area contributed by atoms with Crippen LogP contribution in [0.5, 0.6) is 0 Å². The molecule has 1 atom stereocenters. The highest BCUT2D eigenvalue weighted by molar-refractivity contribution is 5.14. The summed E-state index contributed by atoms with van der Waals surface area (Å²) >= 11 is 0. The fraction of sp³-hybridized carbons (Fsp3) is 0.647. The monoisotopic (exact) mass is 262 g/mol. The van der Waals surface area contributed by atoms with E-state index in [9.17, 15) is 0 Å². The van der Waals surface area contributed by atoms with Gasteiger partial charge in [-0.1, -0.05) is 37.3 Å². The Labute approximate surface area is 119 Å². The van der Waals surface area contributed by atoms with Crippen LogP contribution in [0.4, 0.5) is 0 Å². The first-order valence-corrected chi connectivity index (χ1v) is 7.69. The molecule has 0 aliphatic heterocycles. The van der Waals surface area contributed by atoms with Crippen LogP contribution in [-0.2, 0) is 6.42 Å². The van der Waals surface area contributed by atoms with E-state index in [2.05, 4.69) is 61.4 Å². The molecule has 0 fully saturated rings. The molecule has 0 amide bonds. The lowest BCUT2D eigenvalue weighted by molar-refractivity contribution is 0.252. The van der Waals surface area contributed by atoms with E-state index < -0.39 is 0 Å². The number of likely N-dealkylation sites (N-methyl/N-ethyl adjacent to an activating group) is 1. The van der Waals surface area contributed by atoms with E-state index in [4.69, 9.17) is 0 Å². The first-order valence-electron chi connectivity index (χ1n) is 7.69. The van der Waals surface area contributed by atoms with Gasteiger partial charge in [-0.3, -0.25) is 0 Å². The van der Waals surface area contributed by atoms with Crippen LogP contribution in [0.1, 0.15) is 38.7 Å². The van der Waals surface area contributed by atoms with Gasteiger partial charge in [0.15, 0.2) is 0 Å². The zero-order chi connectivity index (χ0) is 13.9. The Morgan fingerprint density at radius 1 is 1.11 bits per heavy atom. The van der Waals surface area contributed by atoms with Gasteiger partial charge in [0.2, 0.25) is 0 Å². The first-order chi connectivity index (χ1) is 9.24. The molecule has 1 N–H and O–H groups in total. The molecule has 1 unspecified atom stereocenters. The van der Waals surface area contributed by atoms with Gasteiger partial charge in [-0.05, 0) is 51.8 Å². The maximum atomic E-state index is 3.54. The van der Waals surface area contributed by atoms with Crippen molar-refractivity contribution in [1.29, 1.82) is 0 Å². The fourth-order valence-electron chi connectivity index (χ4n) is 2.14. The van der Waals surface area contributed by atoms with Crippen molar-refractivity contribution in [3.63, 3.8) is 0 Å². The van der Waals surface area contributed by atoms with Gasteiger partial charge < -0.3 is 10.2 Å². The molecule has 0 aliphatic carbocycles. The smallest absolute Gasteiger partial charge is 0.0107 e. The molecule has 2 heteroatoms. The van der Waals surface area contributed by atoms with Gasteiger partial charge in [-0.15, -0.1) is 0 Å². The minimum atomic E-state index is 0.694. The maximum absolute atomic E-state index is 3.54. The molecule has 0 radical (unpaired) electrons. The number of nitrogens with one attached hydrogen (secondary N) is 1. The first kappa shape index (κ1) is 16.2. The minimum absolute atomic E-state index is 0.694. The third kappa shape index (κ3) is 7.34. The summed E-state index contributed by atoms with van der Waals surface area (Å²) < 4.78 is 0. The zero-order valence-corrected chi connectivity index (χ0v) is 12.9. The summed E-state index contributed by atoms with van der Waals surface area (Å²) in [7, 11) is 2.21. The van der Waals surface area contributed by atoms with Crippen molar-refractivity contribution in [2.24, 2.45) is 0 Å². The molecule has 0 saturated carbocycles. The Bertz CT molecular complexity index is 310. The summed E-state index contributed by atoms with van der Waals surface area (Å²) in [6.07, 6.45) is 4.98. The van der Waals surface area contributed by atoms with Crippen molar-refractivity contribution in [3.8, 4) is 0 Å². The molecule has 2 nitrogen and oxygen atoms in total. The number of rotatable bonds is 10. The van der Waals surface area contributed by atoms with Crippen molar-refractivity contribution >= 4 is 0 Å². The van der Waals surface area contributed by atoms with Gasteiger partial charge in [0, 0.05) is 19.1 Å². The molecule has 1 aromatic carbocycles. The minimum Gasteiger partial charge on any atom is -0.315 e. The van der Waals surface area contributed by atoms with Crippen LogP contribution in [-0.4, -0.2) is 37.6 Å². The Morgan fingerprint density at radius 2 is 1.84 bits per heavy atom. The summed E-state index contributed by atoms with van der Waals surface area (Å²) in [6.45, 7) is 7.93. The molecule has 0 heterocycles. The van der Waals surface area contributed by atoms with E-state index in [1.165, 1.54) is 31.2 Å². The third-order valence-corrected chi connectivity index (χ3v) is 3.90. The number of hydrogen-bond donors (Lipinski definition) is 1. The predicted molar refractivity (Wildman–Crippen MR) is 84.6 cm³/mol. The molecule has 0 aromatic heterocycles. The molecule has 1 aromatic rings. The molecule has 1 rings (SSSR count). The molecule has 0 spiro atoms. The molecular weight excluding hydrogens is 232 g/mol. The number of aryl methyl sites for hydroxylation is 1. The second-order valence-electron chi connectivity index (χ2n) is 5.43. The lowest BCUT2D eigenvalue weighted by atomic mass is 10.1. The van der Waals surface area contributed by atoms with Crippen LogP contribution in [0.15, 0.2) is 30.3 Å². The largest absolute Gasteiger partial charge is 0.315 e. The Kier molecular flexibility index (Phi) is 8.52. The predicted octanol–water partition coefficient (Wildman–Crippen LogP) is 3.33. The van der Waals surface area contributed by atoms with Crippen LogP contribution in [0.2, 0.25) is 0 Å². The van der Waals surface area contributed by atoms with E-state index in [0.717, 1.165) is 19.6 Å².